The van der Waals surface area contributed by atoms with Crippen LogP contribution in [0.2, 0.25) is 0 Å². The highest BCUT2D eigenvalue weighted by molar-refractivity contribution is 5.39. The Bertz CT molecular complexity index is 399. The highest BCUT2D eigenvalue weighted by Gasteiger charge is 2.31. The minimum Gasteiger partial charge on any atom is -0.493 e. The Hall–Kier alpha value is -1.06. The molecule has 0 aliphatic carbocycles. The van der Waals surface area contributed by atoms with Crippen molar-refractivity contribution in [2.75, 3.05) is 26.4 Å². The molecule has 0 saturated carbocycles. The topological polar surface area (TPSA) is 30.5 Å². The molecule has 0 aromatic heterocycles. The van der Waals surface area contributed by atoms with Crippen LogP contribution in [-0.4, -0.2) is 31.9 Å². The lowest BCUT2D eigenvalue weighted by Crippen LogP contribution is -2.44. The van der Waals surface area contributed by atoms with Crippen molar-refractivity contribution >= 4 is 0 Å². The number of ether oxygens (including phenoxy) is 2. The molecule has 2 aliphatic rings. The Kier molecular flexibility index (Phi) is 2.81. The van der Waals surface area contributed by atoms with Gasteiger partial charge in [-0.15, -0.1) is 0 Å². The Labute approximate surface area is 102 Å². The molecular weight excluding hydrogens is 214 g/mol. The molecule has 3 rings (SSSR count). The smallest absolute Gasteiger partial charge is 0.122 e. The molecule has 17 heavy (non-hydrogen) atoms. The van der Waals surface area contributed by atoms with E-state index >= 15 is 0 Å². The number of para-hydroxylation sites is 1. The number of nitrogens with one attached hydrogen (secondary N) is 1. The van der Waals surface area contributed by atoms with Gasteiger partial charge in [-0.25, -0.2) is 0 Å². The summed E-state index contributed by atoms with van der Waals surface area (Å²) in [6.07, 6.45) is 1.10. The van der Waals surface area contributed by atoms with Crippen molar-refractivity contribution in [3.8, 4) is 5.75 Å². The van der Waals surface area contributed by atoms with Gasteiger partial charge in [-0.3, -0.25) is 0 Å². The van der Waals surface area contributed by atoms with Crippen LogP contribution in [0.25, 0.3) is 0 Å². The van der Waals surface area contributed by atoms with Crippen molar-refractivity contribution in [3.05, 3.63) is 29.8 Å². The van der Waals surface area contributed by atoms with Gasteiger partial charge < -0.3 is 14.8 Å². The van der Waals surface area contributed by atoms with E-state index in [1.807, 2.05) is 6.07 Å². The summed E-state index contributed by atoms with van der Waals surface area (Å²) in [4.78, 5) is 0. The van der Waals surface area contributed by atoms with Crippen molar-refractivity contribution in [1.29, 1.82) is 0 Å². The van der Waals surface area contributed by atoms with E-state index in [-0.39, 0.29) is 5.54 Å². The van der Waals surface area contributed by atoms with Gasteiger partial charge in [-0.1, -0.05) is 18.2 Å². The quantitative estimate of drug-likeness (QED) is 0.865. The number of fused-ring (bicyclic) bond motifs is 1. The Morgan fingerprint density at radius 3 is 3.12 bits per heavy atom. The molecule has 3 heteroatoms. The second-order valence-corrected chi connectivity index (χ2v) is 5.29. The third kappa shape index (κ3) is 2.17. The number of benzene rings is 1. The molecule has 2 heterocycles. The summed E-state index contributed by atoms with van der Waals surface area (Å²) in [6.45, 7) is 5.70. The Balaban J connectivity index is 1.64. The van der Waals surface area contributed by atoms with E-state index in [1.54, 1.807) is 0 Å². The van der Waals surface area contributed by atoms with Crippen LogP contribution in [0.15, 0.2) is 24.3 Å². The molecule has 2 atom stereocenters. The zero-order valence-corrected chi connectivity index (χ0v) is 10.2. The van der Waals surface area contributed by atoms with Gasteiger partial charge in [0, 0.05) is 30.2 Å². The maximum atomic E-state index is 5.69. The fourth-order valence-corrected chi connectivity index (χ4v) is 2.57. The zero-order valence-electron chi connectivity index (χ0n) is 10.2. The summed E-state index contributed by atoms with van der Waals surface area (Å²) in [6, 6.07) is 8.33. The summed E-state index contributed by atoms with van der Waals surface area (Å²) in [5.74, 6) is 1.52. The average molecular weight is 233 g/mol. The van der Waals surface area contributed by atoms with E-state index in [2.05, 4.69) is 30.4 Å². The molecule has 0 radical (unpaired) electrons. The standard InChI is InChI=1S/C14H19NO2/c1-14(6-7-16-10-14)15-8-11-9-17-13-5-3-2-4-12(11)13/h2-5,11,15H,6-10H2,1H3. The molecule has 3 nitrogen and oxygen atoms in total. The van der Waals surface area contributed by atoms with Crippen molar-refractivity contribution in [2.45, 2.75) is 24.8 Å². The number of hydrogen-bond acceptors (Lipinski definition) is 3. The summed E-state index contributed by atoms with van der Waals surface area (Å²) < 4.78 is 11.1. The molecule has 0 bridgehead atoms. The first-order valence-electron chi connectivity index (χ1n) is 6.31. The largest absolute Gasteiger partial charge is 0.493 e. The molecule has 2 unspecified atom stereocenters. The van der Waals surface area contributed by atoms with Gasteiger partial charge in [0.25, 0.3) is 0 Å². The first kappa shape index (κ1) is 11.1. The highest BCUT2D eigenvalue weighted by Crippen LogP contribution is 2.33. The molecule has 0 amide bonds. The first-order valence-corrected chi connectivity index (χ1v) is 6.31. The van der Waals surface area contributed by atoms with Crippen LogP contribution in [0.5, 0.6) is 5.75 Å². The summed E-state index contributed by atoms with van der Waals surface area (Å²) in [5, 5.41) is 3.64. The maximum absolute atomic E-state index is 5.69. The predicted octanol–water partition coefficient (Wildman–Crippen LogP) is 1.93. The molecule has 0 spiro atoms. The minimum absolute atomic E-state index is 0.150. The molecule has 1 fully saturated rings. The van der Waals surface area contributed by atoms with E-state index < -0.39 is 0 Å². The van der Waals surface area contributed by atoms with Crippen molar-refractivity contribution in [3.63, 3.8) is 0 Å². The Morgan fingerprint density at radius 1 is 1.41 bits per heavy atom. The Morgan fingerprint density at radius 2 is 2.29 bits per heavy atom. The number of rotatable bonds is 3. The van der Waals surface area contributed by atoms with Crippen molar-refractivity contribution in [2.24, 2.45) is 0 Å². The van der Waals surface area contributed by atoms with Crippen molar-refractivity contribution in [1.82, 2.24) is 5.32 Å². The van der Waals surface area contributed by atoms with Gasteiger partial charge >= 0.3 is 0 Å². The van der Waals surface area contributed by atoms with Gasteiger partial charge in [0.2, 0.25) is 0 Å². The summed E-state index contributed by atoms with van der Waals surface area (Å²) in [7, 11) is 0. The zero-order chi connectivity index (χ0) is 11.7. The van der Waals surface area contributed by atoms with Gasteiger partial charge in [-0.05, 0) is 19.4 Å². The molecule has 1 aromatic rings. The lowest BCUT2D eigenvalue weighted by atomic mass is 9.97. The van der Waals surface area contributed by atoms with E-state index in [4.69, 9.17) is 9.47 Å². The molecule has 1 aromatic carbocycles. The molecule has 1 N–H and O–H groups in total. The molecule has 1 saturated heterocycles. The predicted molar refractivity (Wildman–Crippen MR) is 66.5 cm³/mol. The first-order chi connectivity index (χ1) is 8.27. The molecule has 2 aliphatic heterocycles. The van der Waals surface area contributed by atoms with Crippen LogP contribution in [0.1, 0.15) is 24.8 Å². The summed E-state index contributed by atoms with van der Waals surface area (Å²) in [5.41, 5.74) is 1.49. The van der Waals surface area contributed by atoms with E-state index in [1.165, 1.54) is 5.56 Å². The van der Waals surface area contributed by atoms with Crippen LogP contribution in [-0.2, 0) is 4.74 Å². The van der Waals surface area contributed by atoms with Crippen LogP contribution in [0.4, 0.5) is 0 Å². The van der Waals surface area contributed by atoms with Gasteiger partial charge in [0.1, 0.15) is 5.75 Å². The van der Waals surface area contributed by atoms with Gasteiger partial charge in [0.05, 0.1) is 13.2 Å². The van der Waals surface area contributed by atoms with E-state index in [0.29, 0.717) is 5.92 Å². The second-order valence-electron chi connectivity index (χ2n) is 5.29. The molecule has 92 valence electrons. The second kappa shape index (κ2) is 4.31. The average Bonchev–Trinajstić information content (AvgIpc) is 2.94. The van der Waals surface area contributed by atoms with E-state index in [9.17, 15) is 0 Å². The fourth-order valence-electron chi connectivity index (χ4n) is 2.57. The van der Waals surface area contributed by atoms with Crippen LogP contribution >= 0.6 is 0 Å². The lowest BCUT2D eigenvalue weighted by Gasteiger charge is -2.25. The van der Waals surface area contributed by atoms with Crippen LogP contribution in [0, 0.1) is 0 Å². The highest BCUT2D eigenvalue weighted by atomic mass is 16.5. The fraction of sp³-hybridized carbons (Fsp3) is 0.571. The van der Waals surface area contributed by atoms with Gasteiger partial charge in [0.15, 0.2) is 0 Å². The lowest BCUT2D eigenvalue weighted by molar-refractivity contribution is 0.170. The SMILES string of the molecule is CC1(NCC2COc3ccccc32)CCOC1. The van der Waals surface area contributed by atoms with Crippen LogP contribution < -0.4 is 10.1 Å². The molecular formula is C14H19NO2. The normalized spacial score (nSPS) is 31.2. The minimum atomic E-state index is 0.150. The third-order valence-corrected chi connectivity index (χ3v) is 3.79. The van der Waals surface area contributed by atoms with E-state index in [0.717, 1.165) is 38.5 Å². The maximum Gasteiger partial charge on any atom is 0.122 e. The van der Waals surface area contributed by atoms with Crippen molar-refractivity contribution < 1.29 is 9.47 Å². The monoisotopic (exact) mass is 233 g/mol. The summed E-state index contributed by atoms with van der Waals surface area (Å²) >= 11 is 0. The van der Waals surface area contributed by atoms with Gasteiger partial charge in [-0.2, -0.15) is 0 Å². The van der Waals surface area contributed by atoms with Crippen LogP contribution in [0.3, 0.4) is 0 Å². The third-order valence-electron chi connectivity index (χ3n) is 3.79. The number of hydrogen-bond donors (Lipinski definition) is 1.